The predicted octanol–water partition coefficient (Wildman–Crippen LogP) is 2.11. The Morgan fingerprint density at radius 3 is 2.31 bits per heavy atom. The average molecular weight is 393 g/mol. The van der Waals surface area contributed by atoms with Crippen LogP contribution in [-0.4, -0.2) is 39.5 Å². The second kappa shape index (κ2) is 8.60. The molecule has 2 aromatic carbocycles. The Bertz CT molecular complexity index is 1040. The Balaban J connectivity index is 1.66. The summed E-state index contributed by atoms with van der Waals surface area (Å²) in [5, 5.41) is 15.5. The Hall–Kier alpha value is -3.61. The average Bonchev–Trinajstić information content (AvgIpc) is 3.05. The third-order valence-electron chi connectivity index (χ3n) is 4.82. The van der Waals surface area contributed by atoms with E-state index in [4.69, 9.17) is 0 Å². The number of rotatable bonds is 7. The normalized spacial score (nSPS) is 12.9. The molecule has 2 amide bonds. The van der Waals surface area contributed by atoms with Crippen LogP contribution in [0, 0.1) is 0 Å². The van der Waals surface area contributed by atoms with Gasteiger partial charge in [-0.2, -0.15) is 0 Å². The number of aliphatic carboxylic acids is 1. The number of carboxylic acids is 1. The van der Waals surface area contributed by atoms with E-state index in [0.717, 1.165) is 16.5 Å². The van der Waals surface area contributed by atoms with Crippen molar-refractivity contribution >= 4 is 28.7 Å². The van der Waals surface area contributed by atoms with Crippen molar-refractivity contribution in [3.63, 3.8) is 0 Å². The molecule has 0 unspecified atom stereocenters. The first-order chi connectivity index (χ1) is 13.9. The molecule has 7 heteroatoms. The van der Waals surface area contributed by atoms with E-state index in [1.54, 1.807) is 29.8 Å². The summed E-state index contributed by atoms with van der Waals surface area (Å²) in [4.78, 5) is 36.7. The Kier molecular flexibility index (Phi) is 5.97. The quantitative estimate of drug-likeness (QED) is 0.572. The zero-order valence-electron chi connectivity index (χ0n) is 16.3. The highest BCUT2D eigenvalue weighted by Crippen LogP contribution is 2.18. The second-order valence-corrected chi connectivity index (χ2v) is 6.93. The number of fused-ring (bicyclic) bond motifs is 1. The third-order valence-corrected chi connectivity index (χ3v) is 4.82. The molecule has 0 fully saturated rings. The van der Waals surface area contributed by atoms with Crippen LogP contribution in [0.15, 0.2) is 60.7 Å². The molecule has 7 nitrogen and oxygen atoms in total. The standard InChI is InChI=1S/C22H23N3O4/c1-14(20(26)24-17(22(28)29)12-15-8-4-3-5-9-15)23-21(27)19-13-16-10-6-7-11-18(16)25(19)2/h3-11,13-14,17H,12H2,1-2H3,(H,23,27)(H,24,26)(H,28,29)/t14-,17-/m0/s1. The third kappa shape index (κ3) is 4.63. The summed E-state index contributed by atoms with van der Waals surface area (Å²) < 4.78 is 1.75. The molecule has 0 aliphatic carbocycles. The van der Waals surface area contributed by atoms with Crippen LogP contribution in [0.3, 0.4) is 0 Å². The van der Waals surface area contributed by atoms with Crippen molar-refractivity contribution < 1.29 is 19.5 Å². The molecule has 1 aromatic heterocycles. The van der Waals surface area contributed by atoms with Crippen LogP contribution in [0.4, 0.5) is 0 Å². The maximum absolute atomic E-state index is 12.6. The van der Waals surface area contributed by atoms with Crippen molar-refractivity contribution in [3.05, 3.63) is 71.9 Å². The molecule has 0 aliphatic rings. The highest BCUT2D eigenvalue weighted by molar-refractivity contribution is 6.01. The molecule has 0 radical (unpaired) electrons. The summed E-state index contributed by atoms with van der Waals surface area (Å²) in [7, 11) is 1.78. The molecule has 0 bridgehead atoms. The molecule has 150 valence electrons. The van der Waals surface area contributed by atoms with E-state index in [2.05, 4.69) is 10.6 Å². The number of carbonyl (C=O) groups is 3. The smallest absolute Gasteiger partial charge is 0.326 e. The maximum atomic E-state index is 12.6. The van der Waals surface area contributed by atoms with E-state index >= 15 is 0 Å². The van der Waals surface area contributed by atoms with Crippen LogP contribution in [-0.2, 0) is 23.1 Å². The fourth-order valence-corrected chi connectivity index (χ4v) is 3.19. The number of aryl methyl sites for hydroxylation is 1. The molecule has 29 heavy (non-hydrogen) atoms. The summed E-state index contributed by atoms with van der Waals surface area (Å²) in [6.45, 7) is 1.53. The van der Waals surface area contributed by atoms with Gasteiger partial charge in [0, 0.05) is 24.4 Å². The van der Waals surface area contributed by atoms with Crippen LogP contribution < -0.4 is 10.6 Å². The molecule has 0 aliphatic heterocycles. The molecule has 0 spiro atoms. The fourth-order valence-electron chi connectivity index (χ4n) is 3.19. The highest BCUT2D eigenvalue weighted by Gasteiger charge is 2.25. The van der Waals surface area contributed by atoms with Crippen LogP contribution in [0.1, 0.15) is 23.0 Å². The van der Waals surface area contributed by atoms with Crippen LogP contribution in [0.5, 0.6) is 0 Å². The lowest BCUT2D eigenvalue weighted by atomic mass is 10.1. The second-order valence-electron chi connectivity index (χ2n) is 6.93. The Morgan fingerprint density at radius 2 is 1.66 bits per heavy atom. The predicted molar refractivity (Wildman–Crippen MR) is 110 cm³/mol. The first-order valence-electron chi connectivity index (χ1n) is 9.29. The van der Waals surface area contributed by atoms with E-state index in [9.17, 15) is 19.5 Å². The minimum atomic E-state index is -1.13. The fraction of sp³-hybridized carbons (Fsp3) is 0.227. The topological polar surface area (TPSA) is 100 Å². The first kappa shape index (κ1) is 20.1. The zero-order chi connectivity index (χ0) is 21.0. The summed E-state index contributed by atoms with van der Waals surface area (Å²) in [6, 6.07) is 16.4. The summed E-state index contributed by atoms with van der Waals surface area (Å²) >= 11 is 0. The number of benzene rings is 2. The van der Waals surface area contributed by atoms with Crippen molar-refractivity contribution in [1.29, 1.82) is 0 Å². The van der Waals surface area contributed by atoms with Crippen molar-refractivity contribution in [3.8, 4) is 0 Å². The highest BCUT2D eigenvalue weighted by atomic mass is 16.4. The minimum Gasteiger partial charge on any atom is -0.480 e. The number of hydrogen-bond acceptors (Lipinski definition) is 3. The molecule has 1 heterocycles. The van der Waals surface area contributed by atoms with Crippen molar-refractivity contribution in [2.24, 2.45) is 7.05 Å². The van der Waals surface area contributed by atoms with Gasteiger partial charge in [-0.25, -0.2) is 4.79 Å². The molecule has 3 rings (SSSR count). The van der Waals surface area contributed by atoms with E-state index in [0.29, 0.717) is 5.69 Å². The van der Waals surface area contributed by atoms with Crippen molar-refractivity contribution in [2.45, 2.75) is 25.4 Å². The summed E-state index contributed by atoms with van der Waals surface area (Å²) in [6.07, 6.45) is 0.159. The van der Waals surface area contributed by atoms with Crippen LogP contribution in [0.2, 0.25) is 0 Å². The monoisotopic (exact) mass is 393 g/mol. The number of carbonyl (C=O) groups excluding carboxylic acids is 2. The zero-order valence-corrected chi connectivity index (χ0v) is 16.3. The molecule has 0 saturated carbocycles. The number of carboxylic acid groups (broad SMARTS) is 1. The van der Waals surface area contributed by atoms with E-state index in [1.807, 2.05) is 42.5 Å². The Morgan fingerprint density at radius 1 is 1.00 bits per heavy atom. The van der Waals surface area contributed by atoms with Gasteiger partial charge in [0.1, 0.15) is 17.8 Å². The van der Waals surface area contributed by atoms with Crippen molar-refractivity contribution in [1.82, 2.24) is 15.2 Å². The number of amides is 2. The van der Waals surface area contributed by atoms with Crippen LogP contribution in [0.25, 0.3) is 10.9 Å². The van der Waals surface area contributed by atoms with Gasteiger partial charge in [0.2, 0.25) is 5.91 Å². The van der Waals surface area contributed by atoms with E-state index in [1.165, 1.54) is 6.92 Å². The lowest BCUT2D eigenvalue weighted by Gasteiger charge is -2.19. The van der Waals surface area contributed by atoms with Gasteiger partial charge in [0.15, 0.2) is 0 Å². The molecule has 3 aromatic rings. The van der Waals surface area contributed by atoms with Gasteiger partial charge in [0.05, 0.1) is 0 Å². The summed E-state index contributed by atoms with van der Waals surface area (Å²) in [5.74, 6) is -2.09. The van der Waals surface area contributed by atoms with Gasteiger partial charge in [0.25, 0.3) is 5.91 Å². The van der Waals surface area contributed by atoms with Gasteiger partial charge in [-0.15, -0.1) is 0 Å². The lowest BCUT2D eigenvalue weighted by molar-refractivity contribution is -0.142. The first-order valence-corrected chi connectivity index (χ1v) is 9.29. The molecule has 3 N–H and O–H groups in total. The van der Waals surface area contributed by atoms with Gasteiger partial charge in [-0.1, -0.05) is 48.5 Å². The van der Waals surface area contributed by atoms with Gasteiger partial charge < -0.3 is 20.3 Å². The molecule has 2 atom stereocenters. The number of hydrogen-bond donors (Lipinski definition) is 3. The number of aromatic nitrogens is 1. The van der Waals surface area contributed by atoms with Crippen molar-refractivity contribution in [2.75, 3.05) is 0 Å². The number of nitrogens with one attached hydrogen (secondary N) is 2. The van der Waals surface area contributed by atoms with E-state index < -0.39 is 29.9 Å². The van der Waals surface area contributed by atoms with Gasteiger partial charge >= 0.3 is 5.97 Å². The molecule has 0 saturated heterocycles. The van der Waals surface area contributed by atoms with Gasteiger partial charge in [-0.05, 0) is 24.6 Å². The SMILES string of the molecule is C[C@H](NC(=O)c1cc2ccccc2n1C)C(=O)N[C@@H](Cc1ccccc1)C(=O)O. The minimum absolute atomic E-state index is 0.159. The Labute approximate surface area is 168 Å². The molecular formula is C22H23N3O4. The number of para-hydroxylation sites is 1. The molecular weight excluding hydrogens is 370 g/mol. The summed E-state index contributed by atoms with van der Waals surface area (Å²) in [5.41, 5.74) is 2.13. The van der Waals surface area contributed by atoms with E-state index in [-0.39, 0.29) is 6.42 Å². The van der Waals surface area contributed by atoms with Crippen LogP contribution >= 0.6 is 0 Å². The largest absolute Gasteiger partial charge is 0.480 e. The number of nitrogens with zero attached hydrogens (tertiary/aromatic N) is 1. The lowest BCUT2D eigenvalue weighted by Crippen LogP contribution is -2.51. The van der Waals surface area contributed by atoms with Gasteiger partial charge in [-0.3, -0.25) is 9.59 Å². The maximum Gasteiger partial charge on any atom is 0.326 e.